The molecule has 2 saturated heterocycles. The van der Waals surface area contributed by atoms with Gasteiger partial charge in [-0.15, -0.1) is 0 Å². The minimum atomic E-state index is -3.53. The van der Waals surface area contributed by atoms with Crippen LogP contribution in [0.1, 0.15) is 51.5 Å². The number of nitrogens with zero attached hydrogens (tertiary/aromatic N) is 4. The Morgan fingerprint density at radius 3 is 2.21 bits per heavy atom. The van der Waals surface area contributed by atoms with Gasteiger partial charge in [-0.3, -0.25) is 4.79 Å². The summed E-state index contributed by atoms with van der Waals surface area (Å²) in [4.78, 5) is 32.0. The number of amides is 3. The van der Waals surface area contributed by atoms with Gasteiger partial charge in [0.05, 0.1) is 4.90 Å². The van der Waals surface area contributed by atoms with E-state index in [1.165, 1.54) is 4.31 Å². The van der Waals surface area contributed by atoms with E-state index >= 15 is 0 Å². The first kappa shape index (κ1) is 24.0. The number of rotatable bonds is 5. The number of piperidine rings is 1. The van der Waals surface area contributed by atoms with Crippen LogP contribution in [-0.2, 0) is 21.2 Å². The maximum Gasteiger partial charge on any atom is 0.319 e. The van der Waals surface area contributed by atoms with Gasteiger partial charge in [0.1, 0.15) is 0 Å². The number of carbonyl (C=O) groups is 2. The molecule has 3 aliphatic heterocycles. The molecule has 0 saturated carbocycles. The van der Waals surface area contributed by atoms with Gasteiger partial charge >= 0.3 is 6.03 Å². The lowest BCUT2D eigenvalue weighted by Crippen LogP contribution is -2.49. The second-order valence-electron chi connectivity index (χ2n) is 9.21. The lowest BCUT2D eigenvalue weighted by Gasteiger charge is -2.37. The van der Waals surface area contributed by atoms with Crippen LogP contribution in [-0.4, -0.2) is 80.3 Å². The first-order valence-electron chi connectivity index (χ1n) is 12.3. The van der Waals surface area contributed by atoms with E-state index in [-0.39, 0.29) is 17.9 Å². The Morgan fingerprint density at radius 1 is 0.939 bits per heavy atom. The third-order valence-corrected chi connectivity index (χ3v) is 9.32. The van der Waals surface area contributed by atoms with E-state index in [0.717, 1.165) is 50.0 Å². The second kappa shape index (κ2) is 10.0. The van der Waals surface area contributed by atoms with E-state index < -0.39 is 10.0 Å². The topological polar surface area (TPSA) is 81.2 Å². The highest BCUT2D eigenvalue weighted by atomic mass is 32.2. The molecule has 1 aromatic carbocycles. The van der Waals surface area contributed by atoms with E-state index in [4.69, 9.17) is 0 Å². The summed E-state index contributed by atoms with van der Waals surface area (Å²) in [5.74, 6) is 0.00114. The summed E-state index contributed by atoms with van der Waals surface area (Å²) in [5, 5.41) is 0. The molecular weight excluding hydrogens is 440 g/mol. The van der Waals surface area contributed by atoms with E-state index in [9.17, 15) is 18.0 Å². The summed E-state index contributed by atoms with van der Waals surface area (Å²) in [6.07, 6.45) is 5.10. The van der Waals surface area contributed by atoms with Crippen molar-refractivity contribution in [3.05, 3.63) is 23.8 Å². The van der Waals surface area contributed by atoms with E-state index in [0.29, 0.717) is 50.5 Å². The van der Waals surface area contributed by atoms with Crippen LogP contribution in [0.3, 0.4) is 0 Å². The Labute approximate surface area is 197 Å². The number of hydrogen-bond acceptors (Lipinski definition) is 4. The van der Waals surface area contributed by atoms with Crippen molar-refractivity contribution in [2.75, 3.05) is 50.7 Å². The Kier molecular flexibility index (Phi) is 7.28. The smallest absolute Gasteiger partial charge is 0.319 e. The number of sulfonamides is 1. The molecule has 3 heterocycles. The largest absolute Gasteiger partial charge is 0.325 e. The lowest BCUT2D eigenvalue weighted by atomic mass is 9.93. The van der Waals surface area contributed by atoms with Crippen molar-refractivity contribution in [2.24, 2.45) is 5.92 Å². The van der Waals surface area contributed by atoms with Gasteiger partial charge in [-0.1, -0.05) is 13.8 Å². The number of carbonyl (C=O) groups excluding carboxylic acids is 2. The first-order valence-corrected chi connectivity index (χ1v) is 13.8. The number of hydrogen-bond donors (Lipinski definition) is 0. The molecule has 0 unspecified atom stereocenters. The van der Waals surface area contributed by atoms with Crippen LogP contribution >= 0.6 is 0 Å². The van der Waals surface area contributed by atoms with Crippen molar-refractivity contribution in [2.45, 2.75) is 57.3 Å². The fourth-order valence-corrected chi connectivity index (χ4v) is 6.83. The predicted molar refractivity (Wildman–Crippen MR) is 128 cm³/mol. The summed E-state index contributed by atoms with van der Waals surface area (Å²) in [6, 6.07) is 5.30. The van der Waals surface area contributed by atoms with Gasteiger partial charge in [-0.2, -0.15) is 4.31 Å². The highest BCUT2D eigenvalue weighted by molar-refractivity contribution is 7.89. The van der Waals surface area contributed by atoms with Gasteiger partial charge in [-0.25, -0.2) is 13.2 Å². The number of fused-ring (bicyclic) bond motifs is 1. The molecule has 4 rings (SSSR count). The van der Waals surface area contributed by atoms with Crippen molar-refractivity contribution >= 4 is 27.6 Å². The zero-order valence-corrected chi connectivity index (χ0v) is 20.6. The molecule has 0 radical (unpaired) electrons. The third kappa shape index (κ3) is 4.75. The van der Waals surface area contributed by atoms with Gasteiger partial charge in [0, 0.05) is 57.4 Å². The predicted octanol–water partition coefficient (Wildman–Crippen LogP) is 2.92. The quantitative estimate of drug-likeness (QED) is 0.654. The van der Waals surface area contributed by atoms with E-state index in [1.807, 2.05) is 28.5 Å². The molecule has 0 spiro atoms. The standard InChI is InChI=1S/C24H36N4O4S/c1-3-27(4-2)33(31,32)21-9-10-22-20(18-21)8-7-15-28(22)23(29)19-11-16-26(17-12-19)24(30)25-13-5-6-14-25/h9-10,18-19H,3-8,11-17H2,1-2H3. The summed E-state index contributed by atoms with van der Waals surface area (Å²) in [7, 11) is -3.53. The van der Waals surface area contributed by atoms with Crippen LogP contribution in [0.4, 0.5) is 10.5 Å². The summed E-state index contributed by atoms with van der Waals surface area (Å²) >= 11 is 0. The molecule has 1 aromatic rings. The normalized spacial score (nSPS) is 19.8. The Hall–Kier alpha value is -2.13. The molecule has 0 atom stereocenters. The van der Waals surface area contributed by atoms with Crippen LogP contribution in [0.25, 0.3) is 0 Å². The Bertz CT molecular complexity index is 978. The molecule has 8 nitrogen and oxygen atoms in total. The van der Waals surface area contributed by atoms with Crippen LogP contribution in [0.5, 0.6) is 0 Å². The maximum absolute atomic E-state index is 13.4. The maximum atomic E-state index is 13.4. The van der Waals surface area contributed by atoms with Crippen molar-refractivity contribution < 1.29 is 18.0 Å². The zero-order valence-electron chi connectivity index (χ0n) is 19.8. The number of urea groups is 1. The van der Waals surface area contributed by atoms with Crippen LogP contribution in [0.2, 0.25) is 0 Å². The molecule has 9 heteroatoms. The summed E-state index contributed by atoms with van der Waals surface area (Å²) < 4.78 is 27.3. The fraction of sp³-hybridized carbons (Fsp3) is 0.667. The SMILES string of the molecule is CCN(CC)S(=O)(=O)c1ccc2c(c1)CCCN2C(=O)C1CCN(C(=O)N2CCCC2)CC1. The Morgan fingerprint density at radius 2 is 1.58 bits per heavy atom. The van der Waals surface area contributed by atoms with Gasteiger partial charge in [-0.05, 0) is 62.3 Å². The highest BCUT2D eigenvalue weighted by Crippen LogP contribution is 2.33. The van der Waals surface area contributed by atoms with Gasteiger partial charge in [0.25, 0.3) is 0 Å². The zero-order chi connectivity index (χ0) is 23.6. The molecule has 33 heavy (non-hydrogen) atoms. The lowest BCUT2D eigenvalue weighted by molar-refractivity contribution is -0.123. The third-order valence-electron chi connectivity index (χ3n) is 7.27. The number of benzene rings is 1. The molecule has 0 bridgehead atoms. The monoisotopic (exact) mass is 476 g/mol. The van der Waals surface area contributed by atoms with Crippen LogP contribution < -0.4 is 4.90 Å². The van der Waals surface area contributed by atoms with Crippen LogP contribution in [0, 0.1) is 5.92 Å². The summed E-state index contributed by atoms with van der Waals surface area (Å²) in [6.45, 7) is 8.11. The van der Waals surface area contributed by atoms with E-state index in [1.54, 1.807) is 18.2 Å². The Balaban J connectivity index is 1.45. The van der Waals surface area contributed by atoms with Gasteiger partial charge in [0.2, 0.25) is 15.9 Å². The molecule has 0 aromatic heterocycles. The molecule has 0 aliphatic carbocycles. The fourth-order valence-electron chi connectivity index (χ4n) is 5.32. The molecule has 2 fully saturated rings. The number of anilines is 1. The first-order chi connectivity index (χ1) is 15.9. The number of aryl methyl sites for hydroxylation is 1. The molecule has 3 amide bonds. The number of likely N-dealkylation sites (tertiary alicyclic amines) is 2. The van der Waals surface area contributed by atoms with Gasteiger partial charge in [0.15, 0.2) is 0 Å². The molecule has 3 aliphatic rings. The average molecular weight is 477 g/mol. The second-order valence-corrected chi connectivity index (χ2v) is 11.1. The van der Waals surface area contributed by atoms with Crippen LogP contribution in [0.15, 0.2) is 23.1 Å². The minimum Gasteiger partial charge on any atom is -0.325 e. The van der Waals surface area contributed by atoms with Crippen molar-refractivity contribution in [3.63, 3.8) is 0 Å². The van der Waals surface area contributed by atoms with Crippen molar-refractivity contribution in [1.29, 1.82) is 0 Å². The minimum absolute atomic E-state index is 0.0994. The van der Waals surface area contributed by atoms with E-state index in [2.05, 4.69) is 0 Å². The molecular formula is C24H36N4O4S. The summed E-state index contributed by atoms with van der Waals surface area (Å²) in [5.41, 5.74) is 1.75. The molecule has 182 valence electrons. The van der Waals surface area contributed by atoms with Crippen molar-refractivity contribution in [1.82, 2.24) is 14.1 Å². The van der Waals surface area contributed by atoms with Gasteiger partial charge < -0.3 is 14.7 Å². The average Bonchev–Trinajstić information content (AvgIpc) is 3.38. The molecule has 0 N–H and O–H groups in total. The highest BCUT2D eigenvalue weighted by Gasteiger charge is 2.34. The van der Waals surface area contributed by atoms with Crippen molar-refractivity contribution in [3.8, 4) is 0 Å².